The number of rotatable bonds is 7. The highest BCUT2D eigenvalue weighted by Gasteiger charge is 2.39. The van der Waals surface area contributed by atoms with Crippen LogP contribution < -0.4 is 4.74 Å². The van der Waals surface area contributed by atoms with E-state index in [9.17, 15) is 14.0 Å². The number of hydrogen-bond acceptors (Lipinski definition) is 4. The molecule has 1 heterocycles. The van der Waals surface area contributed by atoms with Crippen molar-refractivity contribution < 1.29 is 23.5 Å². The lowest BCUT2D eigenvalue weighted by Crippen LogP contribution is -2.34. The van der Waals surface area contributed by atoms with Crippen molar-refractivity contribution in [3.05, 3.63) is 99.8 Å². The number of benzene rings is 3. The molecule has 1 saturated heterocycles. The van der Waals surface area contributed by atoms with Crippen molar-refractivity contribution in [1.29, 1.82) is 0 Å². The summed E-state index contributed by atoms with van der Waals surface area (Å²) >= 11 is 3.44. The van der Waals surface area contributed by atoms with Crippen LogP contribution in [0, 0.1) is 5.82 Å². The summed E-state index contributed by atoms with van der Waals surface area (Å²) in [6.45, 7) is 2.17. The molecule has 0 saturated carbocycles. The molecule has 2 atom stereocenters. The predicted molar refractivity (Wildman–Crippen MR) is 125 cm³/mol. The van der Waals surface area contributed by atoms with Gasteiger partial charge in [-0.25, -0.2) is 14.1 Å². The minimum absolute atomic E-state index is 0.0357. The molecule has 1 fully saturated rings. The Labute approximate surface area is 200 Å². The van der Waals surface area contributed by atoms with Crippen LogP contribution in [-0.4, -0.2) is 23.5 Å². The van der Waals surface area contributed by atoms with Crippen LogP contribution in [0.25, 0.3) is 0 Å². The Morgan fingerprint density at radius 2 is 1.82 bits per heavy atom. The lowest BCUT2D eigenvalue weighted by molar-refractivity contribution is -0.129. The van der Waals surface area contributed by atoms with Crippen molar-refractivity contribution in [3.63, 3.8) is 0 Å². The molecule has 33 heavy (non-hydrogen) atoms. The van der Waals surface area contributed by atoms with Crippen LogP contribution in [0.2, 0.25) is 0 Å². The number of hydrogen-bond donors (Lipinski definition) is 0. The van der Waals surface area contributed by atoms with Gasteiger partial charge in [0.2, 0.25) is 5.91 Å². The standard InChI is InChI=1S/C26H23BrFNO4/c1-17(12-25(30)29-23(16-33-26(29)31)19-10-6-3-7-11-19)20-13-21(27)24(14-22(20)28)32-15-18-8-4-2-5-9-18/h2-11,13-14,17,23H,12,15-16H2,1H3/t17-,23+/m1/s1. The van der Waals surface area contributed by atoms with E-state index < -0.39 is 29.8 Å². The molecule has 0 aromatic heterocycles. The lowest BCUT2D eigenvalue weighted by Gasteiger charge is -2.22. The quantitative estimate of drug-likeness (QED) is 0.369. The molecule has 0 aliphatic carbocycles. The normalized spacial score (nSPS) is 16.4. The molecule has 0 spiro atoms. The number of halogens is 2. The second-order valence-corrected chi connectivity index (χ2v) is 8.81. The summed E-state index contributed by atoms with van der Waals surface area (Å²) in [6.07, 6.45) is -0.709. The van der Waals surface area contributed by atoms with Gasteiger partial charge in [-0.2, -0.15) is 0 Å². The molecule has 1 aliphatic rings. The maximum absolute atomic E-state index is 14.9. The topological polar surface area (TPSA) is 55.8 Å². The van der Waals surface area contributed by atoms with E-state index in [0.29, 0.717) is 22.4 Å². The number of cyclic esters (lactones) is 1. The maximum Gasteiger partial charge on any atom is 0.417 e. The van der Waals surface area contributed by atoms with Gasteiger partial charge in [-0.15, -0.1) is 0 Å². The third-order valence-corrected chi connectivity index (χ3v) is 6.25. The Morgan fingerprint density at radius 3 is 2.52 bits per heavy atom. The molecule has 0 N–H and O–H groups in total. The van der Waals surface area contributed by atoms with Crippen LogP contribution >= 0.6 is 15.9 Å². The number of carbonyl (C=O) groups is 2. The fraction of sp³-hybridized carbons (Fsp3) is 0.231. The number of nitrogens with zero attached hydrogens (tertiary/aromatic N) is 1. The van der Waals surface area contributed by atoms with E-state index in [4.69, 9.17) is 9.47 Å². The van der Waals surface area contributed by atoms with Crippen LogP contribution in [0.5, 0.6) is 5.75 Å². The van der Waals surface area contributed by atoms with Crippen molar-refractivity contribution in [2.24, 2.45) is 0 Å². The van der Waals surface area contributed by atoms with Gasteiger partial charge in [0, 0.05) is 12.5 Å². The Bertz CT molecular complexity index is 1140. The molecule has 0 unspecified atom stereocenters. The van der Waals surface area contributed by atoms with Crippen molar-refractivity contribution in [2.75, 3.05) is 6.61 Å². The van der Waals surface area contributed by atoms with E-state index in [1.54, 1.807) is 13.0 Å². The fourth-order valence-electron chi connectivity index (χ4n) is 3.86. The van der Waals surface area contributed by atoms with Crippen LogP contribution in [-0.2, 0) is 16.1 Å². The summed E-state index contributed by atoms with van der Waals surface area (Å²) in [6, 6.07) is 21.3. The monoisotopic (exact) mass is 511 g/mol. The van der Waals surface area contributed by atoms with Crippen LogP contribution in [0.1, 0.15) is 42.0 Å². The van der Waals surface area contributed by atoms with Gasteiger partial charge >= 0.3 is 6.09 Å². The molecule has 170 valence electrons. The zero-order valence-corrected chi connectivity index (χ0v) is 19.6. The van der Waals surface area contributed by atoms with Gasteiger partial charge in [0.15, 0.2) is 0 Å². The summed E-state index contributed by atoms with van der Waals surface area (Å²) in [7, 11) is 0. The first kappa shape index (κ1) is 23.0. The van der Waals surface area contributed by atoms with E-state index in [1.807, 2.05) is 60.7 Å². The van der Waals surface area contributed by atoms with Gasteiger partial charge in [-0.1, -0.05) is 67.6 Å². The van der Waals surface area contributed by atoms with Gasteiger partial charge in [0.05, 0.1) is 4.47 Å². The third-order valence-electron chi connectivity index (χ3n) is 5.63. The van der Waals surface area contributed by atoms with E-state index in [1.165, 1.54) is 6.07 Å². The average Bonchev–Trinajstić information content (AvgIpc) is 3.22. The van der Waals surface area contributed by atoms with Gasteiger partial charge in [-0.05, 0) is 44.6 Å². The summed E-state index contributed by atoms with van der Waals surface area (Å²) in [4.78, 5) is 26.4. The Balaban J connectivity index is 1.46. The van der Waals surface area contributed by atoms with Crippen LogP contribution in [0.4, 0.5) is 9.18 Å². The fourth-order valence-corrected chi connectivity index (χ4v) is 4.33. The van der Waals surface area contributed by atoms with E-state index in [-0.39, 0.29) is 13.0 Å². The summed E-state index contributed by atoms with van der Waals surface area (Å²) in [5, 5.41) is 0. The highest BCUT2D eigenvalue weighted by atomic mass is 79.9. The Morgan fingerprint density at radius 1 is 1.15 bits per heavy atom. The van der Waals surface area contributed by atoms with E-state index in [2.05, 4.69) is 15.9 Å². The smallest absolute Gasteiger partial charge is 0.417 e. The van der Waals surface area contributed by atoms with Crippen molar-refractivity contribution in [3.8, 4) is 5.75 Å². The molecule has 0 bridgehead atoms. The second kappa shape index (κ2) is 10.2. The molecule has 0 radical (unpaired) electrons. The first-order chi connectivity index (χ1) is 15.9. The first-order valence-corrected chi connectivity index (χ1v) is 11.4. The molecule has 2 amide bonds. The maximum atomic E-state index is 14.9. The summed E-state index contributed by atoms with van der Waals surface area (Å²) < 4.78 is 26.4. The largest absolute Gasteiger partial charge is 0.488 e. The van der Waals surface area contributed by atoms with Crippen molar-refractivity contribution in [2.45, 2.75) is 31.9 Å². The molecule has 4 rings (SSSR count). The zero-order chi connectivity index (χ0) is 23.4. The number of carbonyl (C=O) groups excluding carboxylic acids is 2. The molecular formula is C26H23BrFNO4. The highest BCUT2D eigenvalue weighted by molar-refractivity contribution is 9.10. The second-order valence-electron chi connectivity index (χ2n) is 7.95. The van der Waals surface area contributed by atoms with Gasteiger partial charge in [0.25, 0.3) is 0 Å². The summed E-state index contributed by atoms with van der Waals surface area (Å²) in [5.74, 6) is -0.948. The molecule has 7 heteroatoms. The van der Waals surface area contributed by atoms with Crippen molar-refractivity contribution in [1.82, 2.24) is 4.90 Å². The highest BCUT2D eigenvalue weighted by Crippen LogP contribution is 2.35. The Kier molecular flexibility index (Phi) is 7.08. The van der Waals surface area contributed by atoms with E-state index in [0.717, 1.165) is 16.0 Å². The number of amides is 2. The van der Waals surface area contributed by atoms with Crippen LogP contribution in [0.3, 0.4) is 0 Å². The molecule has 5 nitrogen and oxygen atoms in total. The van der Waals surface area contributed by atoms with Crippen molar-refractivity contribution >= 4 is 27.9 Å². The molecule has 3 aromatic carbocycles. The van der Waals surface area contributed by atoms with Gasteiger partial charge < -0.3 is 9.47 Å². The lowest BCUT2D eigenvalue weighted by atomic mass is 9.96. The minimum atomic E-state index is -0.674. The predicted octanol–water partition coefficient (Wildman–Crippen LogP) is 6.38. The van der Waals surface area contributed by atoms with E-state index >= 15 is 0 Å². The van der Waals surface area contributed by atoms with Gasteiger partial charge in [-0.3, -0.25) is 4.79 Å². The van der Waals surface area contributed by atoms with Gasteiger partial charge in [0.1, 0.15) is 30.8 Å². The molecular weight excluding hydrogens is 489 g/mol. The first-order valence-electron chi connectivity index (χ1n) is 10.6. The SMILES string of the molecule is C[C@H](CC(=O)N1C(=O)OC[C@H]1c1ccccc1)c1cc(Br)c(OCc2ccccc2)cc1F. The van der Waals surface area contributed by atoms with Crippen LogP contribution in [0.15, 0.2) is 77.3 Å². The number of ether oxygens (including phenoxy) is 2. The molecule has 3 aromatic rings. The molecule has 1 aliphatic heterocycles. The Hall–Kier alpha value is -3.19. The third kappa shape index (κ3) is 5.25. The number of imide groups is 1. The zero-order valence-electron chi connectivity index (χ0n) is 18.0. The minimum Gasteiger partial charge on any atom is -0.488 e. The average molecular weight is 512 g/mol. The summed E-state index contributed by atoms with van der Waals surface area (Å²) in [5.41, 5.74) is 2.16.